The number of hydrogen-bond acceptors (Lipinski definition) is 7. The Bertz CT molecular complexity index is 1160. The highest BCUT2D eigenvalue weighted by Gasteiger charge is 2.66. The summed E-state index contributed by atoms with van der Waals surface area (Å²) >= 11 is 0. The average molecular weight is 540 g/mol. The molecule has 9 heteroatoms. The fourth-order valence-electron chi connectivity index (χ4n) is 8.43. The van der Waals surface area contributed by atoms with E-state index in [-0.39, 0.29) is 35.9 Å². The van der Waals surface area contributed by atoms with Crippen molar-refractivity contribution in [3.63, 3.8) is 0 Å². The van der Waals surface area contributed by atoms with E-state index in [0.29, 0.717) is 37.6 Å². The van der Waals surface area contributed by atoms with Crippen molar-refractivity contribution in [1.29, 1.82) is 0 Å². The lowest BCUT2D eigenvalue weighted by Gasteiger charge is -2.58. The van der Waals surface area contributed by atoms with Crippen LogP contribution in [0.25, 0.3) is 0 Å². The van der Waals surface area contributed by atoms with Crippen LogP contribution in [0.4, 0.5) is 0 Å². The minimum Gasteiger partial charge on any atom is -0.458 e. The highest BCUT2D eigenvalue weighted by molar-refractivity contribution is 5.92. The number of nitrogens with one attached hydrogen (secondary N) is 2. The highest BCUT2D eigenvalue weighted by Crippen LogP contribution is 2.67. The quantitative estimate of drug-likeness (QED) is 0.410. The number of amides is 1. The molecule has 4 aliphatic carbocycles. The number of aromatic amines is 1. The van der Waals surface area contributed by atoms with Crippen molar-refractivity contribution in [2.24, 2.45) is 28.6 Å². The van der Waals surface area contributed by atoms with Gasteiger partial charge in [-0.3, -0.25) is 19.2 Å². The van der Waals surface area contributed by atoms with Crippen molar-refractivity contribution in [2.75, 3.05) is 13.2 Å². The van der Waals surface area contributed by atoms with E-state index in [1.807, 2.05) is 13.0 Å². The summed E-state index contributed by atoms with van der Waals surface area (Å²) in [6, 6.07) is 0. The first-order valence-corrected chi connectivity index (χ1v) is 14.5. The molecule has 1 aromatic rings. The fourth-order valence-corrected chi connectivity index (χ4v) is 8.43. The van der Waals surface area contributed by atoms with Crippen LogP contribution in [0.3, 0.4) is 0 Å². The van der Waals surface area contributed by atoms with Gasteiger partial charge in [0.25, 0.3) is 0 Å². The van der Waals surface area contributed by atoms with Gasteiger partial charge in [0.15, 0.2) is 12.4 Å². The Morgan fingerprint density at radius 2 is 1.90 bits per heavy atom. The van der Waals surface area contributed by atoms with Gasteiger partial charge in [-0.2, -0.15) is 0 Å². The highest BCUT2D eigenvalue weighted by atomic mass is 16.5. The van der Waals surface area contributed by atoms with E-state index in [4.69, 9.17) is 4.74 Å². The van der Waals surface area contributed by atoms with Crippen molar-refractivity contribution in [3.8, 4) is 0 Å². The van der Waals surface area contributed by atoms with Crippen LogP contribution in [0, 0.1) is 28.6 Å². The molecule has 1 aromatic heterocycles. The summed E-state index contributed by atoms with van der Waals surface area (Å²) in [5.74, 6) is 0.0190. The van der Waals surface area contributed by atoms with E-state index in [9.17, 15) is 24.3 Å². The zero-order valence-corrected chi connectivity index (χ0v) is 23.1. The van der Waals surface area contributed by atoms with Gasteiger partial charge in [-0.15, -0.1) is 0 Å². The fraction of sp³-hybridized carbons (Fsp3) is 0.700. The molecule has 1 heterocycles. The molecule has 6 atom stereocenters. The standard InChI is InChI=1S/C30H41N3O6/c1-28-11-7-21(34)15-19(28)3-4-22-23(28)8-12-29(2)24(22)9-13-30(29,38)25(35)17-39-27(37)6-5-26(36)32-14-10-20-16-31-18-33-20/h15-16,18,22-24,38H,3-14,17H2,1-2H3,(H,31,33)(H,32,36). The molecular weight excluding hydrogens is 498 g/mol. The molecule has 4 aliphatic rings. The van der Waals surface area contributed by atoms with E-state index in [2.05, 4.69) is 22.2 Å². The maximum Gasteiger partial charge on any atom is 0.306 e. The Kier molecular flexibility index (Phi) is 7.57. The molecular formula is C30H41N3O6. The molecule has 1 amide bonds. The first kappa shape index (κ1) is 27.7. The zero-order valence-electron chi connectivity index (χ0n) is 23.1. The zero-order chi connectivity index (χ0) is 27.8. The van der Waals surface area contributed by atoms with Crippen molar-refractivity contribution in [2.45, 2.75) is 90.1 Å². The van der Waals surface area contributed by atoms with Crippen LogP contribution in [0.15, 0.2) is 24.2 Å². The lowest BCUT2D eigenvalue weighted by molar-refractivity contribution is -0.170. The van der Waals surface area contributed by atoms with E-state index >= 15 is 0 Å². The van der Waals surface area contributed by atoms with Crippen LogP contribution >= 0.6 is 0 Å². The lowest BCUT2D eigenvalue weighted by atomic mass is 9.46. The number of fused-ring (bicyclic) bond motifs is 5. The van der Waals surface area contributed by atoms with Crippen molar-refractivity contribution < 1.29 is 29.0 Å². The van der Waals surface area contributed by atoms with Crippen LogP contribution in [0.5, 0.6) is 0 Å². The predicted octanol–water partition coefficient (Wildman–Crippen LogP) is 3.22. The molecule has 0 aromatic carbocycles. The summed E-state index contributed by atoms with van der Waals surface area (Å²) in [6.45, 7) is 4.32. The maximum absolute atomic E-state index is 13.3. The number of imidazole rings is 1. The second-order valence-corrected chi connectivity index (χ2v) is 12.6. The third-order valence-corrected chi connectivity index (χ3v) is 10.8. The molecule has 5 rings (SSSR count). The second-order valence-electron chi connectivity index (χ2n) is 12.6. The van der Waals surface area contributed by atoms with Gasteiger partial charge in [-0.1, -0.05) is 19.4 Å². The number of Topliss-reactive ketones (excluding diaryl/α,β-unsaturated/α-hetero) is 1. The Balaban J connectivity index is 1.13. The largest absolute Gasteiger partial charge is 0.458 e. The minimum atomic E-state index is -1.52. The van der Waals surface area contributed by atoms with Crippen molar-refractivity contribution in [1.82, 2.24) is 15.3 Å². The number of carbonyl (C=O) groups excluding carboxylic acids is 4. The smallest absolute Gasteiger partial charge is 0.306 e. The topological polar surface area (TPSA) is 138 Å². The number of aliphatic hydroxyl groups is 1. The van der Waals surface area contributed by atoms with Gasteiger partial charge >= 0.3 is 5.97 Å². The third-order valence-electron chi connectivity index (χ3n) is 10.8. The summed E-state index contributed by atoms with van der Waals surface area (Å²) in [4.78, 5) is 56.6. The monoisotopic (exact) mass is 539 g/mol. The Labute approximate surface area is 229 Å². The van der Waals surface area contributed by atoms with E-state index in [1.165, 1.54) is 5.57 Å². The molecule has 0 radical (unpaired) electrons. The number of esters is 1. The number of nitrogens with zero attached hydrogens (tertiary/aromatic N) is 1. The molecule has 3 saturated carbocycles. The van der Waals surface area contributed by atoms with Gasteiger partial charge in [0.05, 0.1) is 12.7 Å². The second kappa shape index (κ2) is 10.6. The Morgan fingerprint density at radius 1 is 1.10 bits per heavy atom. The molecule has 39 heavy (non-hydrogen) atoms. The number of H-pyrrole nitrogens is 1. The van der Waals surface area contributed by atoms with Gasteiger partial charge in [0.2, 0.25) is 11.7 Å². The Hall–Kier alpha value is -2.81. The summed E-state index contributed by atoms with van der Waals surface area (Å²) in [5, 5.41) is 14.5. The molecule has 6 unspecified atom stereocenters. The minimum absolute atomic E-state index is 0.0239. The van der Waals surface area contributed by atoms with Gasteiger partial charge < -0.3 is 20.1 Å². The van der Waals surface area contributed by atoms with Crippen LogP contribution in [-0.4, -0.2) is 57.3 Å². The van der Waals surface area contributed by atoms with E-state index in [0.717, 1.165) is 44.2 Å². The predicted molar refractivity (Wildman–Crippen MR) is 142 cm³/mol. The lowest BCUT2D eigenvalue weighted by Crippen LogP contribution is -2.58. The summed E-state index contributed by atoms with van der Waals surface area (Å²) < 4.78 is 5.24. The van der Waals surface area contributed by atoms with Crippen molar-refractivity contribution in [3.05, 3.63) is 29.9 Å². The van der Waals surface area contributed by atoms with Crippen LogP contribution in [0.2, 0.25) is 0 Å². The van der Waals surface area contributed by atoms with E-state index < -0.39 is 29.4 Å². The number of allylic oxidation sites excluding steroid dienone is 1. The molecule has 212 valence electrons. The third kappa shape index (κ3) is 4.98. The number of ketones is 2. The molecule has 0 aliphatic heterocycles. The SMILES string of the molecule is CC12CCC(=O)C=C1CCC1C2CCC2(C)C1CCC2(O)C(=O)COC(=O)CCC(=O)NCCc1cnc[nH]1. The number of rotatable bonds is 9. The molecule has 9 nitrogen and oxygen atoms in total. The summed E-state index contributed by atoms with van der Waals surface area (Å²) in [6.07, 6.45) is 11.8. The summed E-state index contributed by atoms with van der Waals surface area (Å²) in [7, 11) is 0. The first-order chi connectivity index (χ1) is 18.6. The van der Waals surface area contributed by atoms with Gasteiger partial charge in [-0.25, -0.2) is 4.98 Å². The average Bonchev–Trinajstić information content (AvgIpc) is 3.53. The number of carbonyl (C=O) groups is 4. The Morgan fingerprint density at radius 3 is 2.67 bits per heavy atom. The van der Waals surface area contributed by atoms with Crippen molar-refractivity contribution >= 4 is 23.4 Å². The van der Waals surface area contributed by atoms with E-state index in [1.54, 1.807) is 12.5 Å². The summed E-state index contributed by atoms with van der Waals surface area (Å²) in [5.41, 5.74) is 0.156. The van der Waals surface area contributed by atoms with Gasteiger partial charge in [-0.05, 0) is 74.2 Å². The van der Waals surface area contributed by atoms with Crippen LogP contribution < -0.4 is 5.32 Å². The number of aromatic nitrogens is 2. The molecule has 0 saturated heterocycles. The van der Waals surface area contributed by atoms with Crippen LogP contribution in [-0.2, 0) is 30.3 Å². The number of ether oxygens (including phenoxy) is 1. The molecule has 3 N–H and O–H groups in total. The molecule has 3 fully saturated rings. The number of hydrogen-bond donors (Lipinski definition) is 3. The maximum atomic E-state index is 13.3. The van der Waals surface area contributed by atoms with Gasteiger partial charge in [0.1, 0.15) is 5.60 Å². The van der Waals surface area contributed by atoms with Crippen LogP contribution in [0.1, 0.15) is 83.7 Å². The first-order valence-electron chi connectivity index (χ1n) is 14.5. The normalized spacial score (nSPS) is 35.3. The molecule has 0 bridgehead atoms. The van der Waals surface area contributed by atoms with Gasteiger partial charge in [0, 0.05) is 43.1 Å². The molecule has 0 spiro atoms.